The van der Waals surface area contributed by atoms with Crippen LogP contribution in [-0.4, -0.2) is 35.0 Å². The summed E-state index contributed by atoms with van der Waals surface area (Å²) in [6.45, 7) is 3.37. The molecule has 0 saturated heterocycles. The molecule has 0 aromatic heterocycles. The van der Waals surface area contributed by atoms with Crippen molar-refractivity contribution in [3.63, 3.8) is 0 Å². The van der Waals surface area contributed by atoms with E-state index < -0.39 is 5.97 Å². The average molecular weight is 303 g/mol. The van der Waals surface area contributed by atoms with Gasteiger partial charge in [-0.1, -0.05) is 36.8 Å². The van der Waals surface area contributed by atoms with E-state index in [1.807, 2.05) is 30.0 Å². The van der Waals surface area contributed by atoms with Crippen molar-refractivity contribution in [1.82, 2.24) is 4.90 Å². The monoisotopic (exact) mass is 303 g/mol. The third kappa shape index (κ3) is 4.33. The summed E-state index contributed by atoms with van der Waals surface area (Å²) < 4.78 is 0. The van der Waals surface area contributed by atoms with Crippen LogP contribution in [0.3, 0.4) is 0 Å². The van der Waals surface area contributed by atoms with E-state index in [1.54, 1.807) is 0 Å². The first-order valence-electron chi connectivity index (χ1n) is 8.17. The van der Waals surface area contributed by atoms with Crippen LogP contribution in [0.2, 0.25) is 0 Å². The quantitative estimate of drug-likeness (QED) is 0.879. The van der Waals surface area contributed by atoms with Gasteiger partial charge in [-0.2, -0.15) is 0 Å². The molecule has 2 unspecified atom stereocenters. The first-order valence-corrected chi connectivity index (χ1v) is 8.17. The van der Waals surface area contributed by atoms with Crippen LogP contribution >= 0.6 is 0 Å². The molecule has 120 valence electrons. The first kappa shape index (κ1) is 16.5. The minimum Gasteiger partial charge on any atom is -0.481 e. The number of hydrogen-bond donors (Lipinski definition) is 1. The zero-order valence-corrected chi connectivity index (χ0v) is 13.2. The lowest BCUT2D eigenvalue weighted by Gasteiger charge is -2.31. The number of carboxylic acid groups (broad SMARTS) is 1. The molecule has 1 N–H and O–H groups in total. The second-order valence-corrected chi connectivity index (χ2v) is 6.05. The second kappa shape index (κ2) is 7.97. The maximum atomic E-state index is 12.7. The number of hydrogen-bond acceptors (Lipinski definition) is 2. The van der Waals surface area contributed by atoms with Crippen molar-refractivity contribution in [2.45, 2.75) is 39.0 Å². The van der Waals surface area contributed by atoms with Crippen molar-refractivity contribution in [2.24, 2.45) is 11.8 Å². The fourth-order valence-corrected chi connectivity index (χ4v) is 3.23. The van der Waals surface area contributed by atoms with Gasteiger partial charge in [0.1, 0.15) is 0 Å². The number of carbonyl (C=O) groups excluding carboxylic acids is 1. The molecule has 1 aliphatic rings. The fraction of sp³-hybridized carbons (Fsp3) is 0.556. The SMILES string of the molecule is CCN(CCc1ccccc1)C(=O)C1CCCC(C(=O)O)C1. The van der Waals surface area contributed by atoms with Gasteiger partial charge < -0.3 is 10.0 Å². The average Bonchev–Trinajstić information content (AvgIpc) is 2.56. The van der Waals surface area contributed by atoms with Crippen LogP contribution in [0.25, 0.3) is 0 Å². The van der Waals surface area contributed by atoms with Crippen molar-refractivity contribution in [2.75, 3.05) is 13.1 Å². The fourth-order valence-electron chi connectivity index (χ4n) is 3.23. The standard InChI is InChI=1S/C18H25NO3/c1-2-19(12-11-14-7-4-3-5-8-14)17(20)15-9-6-10-16(13-15)18(21)22/h3-5,7-8,15-16H,2,6,9-13H2,1H3,(H,21,22). The van der Waals surface area contributed by atoms with Crippen molar-refractivity contribution < 1.29 is 14.7 Å². The van der Waals surface area contributed by atoms with E-state index in [9.17, 15) is 9.59 Å². The van der Waals surface area contributed by atoms with Gasteiger partial charge in [0.2, 0.25) is 5.91 Å². The Balaban J connectivity index is 1.92. The molecule has 0 radical (unpaired) electrons. The number of carboxylic acids is 1. The summed E-state index contributed by atoms with van der Waals surface area (Å²) in [6, 6.07) is 10.1. The molecule has 0 bridgehead atoms. The van der Waals surface area contributed by atoms with Gasteiger partial charge in [0, 0.05) is 19.0 Å². The molecular weight excluding hydrogens is 278 g/mol. The van der Waals surface area contributed by atoms with Crippen LogP contribution in [0.4, 0.5) is 0 Å². The molecule has 4 nitrogen and oxygen atoms in total. The lowest BCUT2D eigenvalue weighted by atomic mass is 9.80. The molecule has 2 rings (SSSR count). The molecule has 1 aromatic rings. The maximum absolute atomic E-state index is 12.7. The zero-order chi connectivity index (χ0) is 15.9. The van der Waals surface area contributed by atoms with E-state index in [-0.39, 0.29) is 17.7 Å². The van der Waals surface area contributed by atoms with E-state index in [1.165, 1.54) is 5.56 Å². The summed E-state index contributed by atoms with van der Waals surface area (Å²) in [5, 5.41) is 9.16. The maximum Gasteiger partial charge on any atom is 0.306 e. The Bertz CT molecular complexity index is 500. The van der Waals surface area contributed by atoms with Crippen LogP contribution in [0.15, 0.2) is 30.3 Å². The van der Waals surface area contributed by atoms with E-state index in [0.29, 0.717) is 25.9 Å². The molecule has 1 saturated carbocycles. The van der Waals surface area contributed by atoms with Gasteiger partial charge in [-0.15, -0.1) is 0 Å². The second-order valence-electron chi connectivity index (χ2n) is 6.05. The third-order valence-corrected chi connectivity index (χ3v) is 4.58. The predicted octanol–water partition coefficient (Wildman–Crippen LogP) is 2.97. The highest BCUT2D eigenvalue weighted by atomic mass is 16.4. The normalized spacial score (nSPS) is 21.3. The molecule has 0 spiro atoms. The molecule has 4 heteroatoms. The molecule has 1 aliphatic carbocycles. The molecular formula is C18H25NO3. The molecule has 1 fully saturated rings. The lowest BCUT2D eigenvalue weighted by Crippen LogP contribution is -2.40. The Labute approximate surface area is 132 Å². The molecule has 22 heavy (non-hydrogen) atoms. The van der Waals surface area contributed by atoms with Gasteiger partial charge in [-0.25, -0.2) is 0 Å². The van der Waals surface area contributed by atoms with E-state index >= 15 is 0 Å². The number of amides is 1. The van der Waals surface area contributed by atoms with Gasteiger partial charge in [-0.05, 0) is 38.2 Å². The van der Waals surface area contributed by atoms with Crippen molar-refractivity contribution in [1.29, 1.82) is 0 Å². The largest absolute Gasteiger partial charge is 0.481 e. The lowest BCUT2D eigenvalue weighted by molar-refractivity contribution is -0.145. The van der Waals surface area contributed by atoms with Crippen LogP contribution in [0.5, 0.6) is 0 Å². The third-order valence-electron chi connectivity index (χ3n) is 4.58. The van der Waals surface area contributed by atoms with Crippen molar-refractivity contribution >= 4 is 11.9 Å². The van der Waals surface area contributed by atoms with Crippen molar-refractivity contribution in [3.05, 3.63) is 35.9 Å². The Morgan fingerprint density at radius 2 is 1.86 bits per heavy atom. The summed E-state index contributed by atoms with van der Waals surface area (Å²) >= 11 is 0. The number of nitrogens with zero attached hydrogens (tertiary/aromatic N) is 1. The summed E-state index contributed by atoms with van der Waals surface area (Å²) in [7, 11) is 0. The molecule has 0 aliphatic heterocycles. The zero-order valence-electron chi connectivity index (χ0n) is 13.2. The van der Waals surface area contributed by atoms with E-state index in [0.717, 1.165) is 19.3 Å². The molecule has 1 aromatic carbocycles. The van der Waals surface area contributed by atoms with Gasteiger partial charge in [0.25, 0.3) is 0 Å². The number of aliphatic carboxylic acids is 1. The van der Waals surface area contributed by atoms with Gasteiger partial charge in [0.15, 0.2) is 0 Å². The number of benzene rings is 1. The van der Waals surface area contributed by atoms with Crippen molar-refractivity contribution in [3.8, 4) is 0 Å². The number of likely N-dealkylation sites (N-methyl/N-ethyl adjacent to an activating group) is 1. The molecule has 0 heterocycles. The minimum atomic E-state index is -0.759. The van der Waals surface area contributed by atoms with E-state index in [2.05, 4.69) is 12.1 Å². The van der Waals surface area contributed by atoms with Crippen LogP contribution in [-0.2, 0) is 16.0 Å². The molecule has 1 amide bonds. The van der Waals surface area contributed by atoms with Gasteiger partial charge in [-0.3, -0.25) is 9.59 Å². The first-order chi connectivity index (χ1) is 10.6. The smallest absolute Gasteiger partial charge is 0.306 e. The number of rotatable bonds is 6. The Morgan fingerprint density at radius 3 is 2.50 bits per heavy atom. The highest BCUT2D eigenvalue weighted by Crippen LogP contribution is 2.30. The van der Waals surface area contributed by atoms with Crippen LogP contribution < -0.4 is 0 Å². The van der Waals surface area contributed by atoms with Gasteiger partial charge in [0.05, 0.1) is 5.92 Å². The van der Waals surface area contributed by atoms with Gasteiger partial charge >= 0.3 is 5.97 Å². The Hall–Kier alpha value is -1.84. The van der Waals surface area contributed by atoms with Crippen LogP contribution in [0, 0.1) is 11.8 Å². The van der Waals surface area contributed by atoms with E-state index in [4.69, 9.17) is 5.11 Å². The Kier molecular flexibility index (Phi) is 5.99. The predicted molar refractivity (Wildman–Crippen MR) is 85.5 cm³/mol. The minimum absolute atomic E-state index is 0.120. The highest BCUT2D eigenvalue weighted by molar-refractivity contribution is 5.80. The topological polar surface area (TPSA) is 57.6 Å². The summed E-state index contributed by atoms with van der Waals surface area (Å²) in [5.41, 5.74) is 1.22. The molecule has 2 atom stereocenters. The summed E-state index contributed by atoms with van der Waals surface area (Å²) in [6.07, 6.45) is 3.70. The van der Waals surface area contributed by atoms with Crippen LogP contribution in [0.1, 0.15) is 38.2 Å². The summed E-state index contributed by atoms with van der Waals surface area (Å²) in [5.74, 6) is -1.10. The number of carbonyl (C=O) groups is 2. The highest BCUT2D eigenvalue weighted by Gasteiger charge is 2.32. The Morgan fingerprint density at radius 1 is 1.18 bits per heavy atom. The summed E-state index contributed by atoms with van der Waals surface area (Å²) in [4.78, 5) is 25.7.